The van der Waals surface area contributed by atoms with Crippen molar-refractivity contribution in [1.82, 2.24) is 10.2 Å². The molecule has 1 N–H and O–H groups in total. The third-order valence-corrected chi connectivity index (χ3v) is 8.69. The van der Waals surface area contributed by atoms with Crippen LogP contribution in [0.5, 0.6) is 5.75 Å². The van der Waals surface area contributed by atoms with Gasteiger partial charge in [0.15, 0.2) is 0 Å². The number of sulfonamides is 1. The van der Waals surface area contributed by atoms with Crippen LogP contribution < -0.4 is 14.4 Å². The smallest absolute Gasteiger partial charge is 0.417 e. The highest BCUT2D eigenvalue weighted by molar-refractivity contribution is 7.92. The first-order valence-electron chi connectivity index (χ1n) is 12.8. The molecule has 3 aromatic carbocycles. The van der Waals surface area contributed by atoms with E-state index >= 15 is 0 Å². The van der Waals surface area contributed by atoms with Crippen LogP contribution >= 0.6 is 11.6 Å². The lowest BCUT2D eigenvalue weighted by atomic mass is 10.1. The van der Waals surface area contributed by atoms with E-state index in [-0.39, 0.29) is 17.9 Å². The van der Waals surface area contributed by atoms with E-state index < -0.39 is 56.9 Å². The van der Waals surface area contributed by atoms with E-state index in [1.807, 2.05) is 0 Å². The molecule has 3 rings (SSSR count). The molecule has 0 heterocycles. The molecular weight excluding hydrogens is 595 g/mol. The Bertz CT molecular complexity index is 1510. The van der Waals surface area contributed by atoms with Crippen molar-refractivity contribution in [2.75, 3.05) is 25.0 Å². The van der Waals surface area contributed by atoms with E-state index in [1.165, 1.54) is 43.3 Å². The summed E-state index contributed by atoms with van der Waals surface area (Å²) in [6.45, 7) is 2.46. The molecule has 42 heavy (non-hydrogen) atoms. The zero-order valence-corrected chi connectivity index (χ0v) is 25.0. The van der Waals surface area contributed by atoms with Crippen LogP contribution in [0, 0.1) is 6.92 Å². The third kappa shape index (κ3) is 7.54. The van der Waals surface area contributed by atoms with Crippen molar-refractivity contribution >= 4 is 39.1 Å². The maximum Gasteiger partial charge on any atom is 0.417 e. The van der Waals surface area contributed by atoms with E-state index in [0.29, 0.717) is 21.7 Å². The van der Waals surface area contributed by atoms with Gasteiger partial charge in [-0.2, -0.15) is 13.2 Å². The largest absolute Gasteiger partial charge is 0.497 e. The lowest BCUT2D eigenvalue weighted by Gasteiger charge is -2.33. The van der Waals surface area contributed by atoms with Gasteiger partial charge in [0.1, 0.15) is 18.3 Å². The summed E-state index contributed by atoms with van der Waals surface area (Å²) in [7, 11) is -1.66. The molecule has 0 fully saturated rings. The van der Waals surface area contributed by atoms with Gasteiger partial charge in [-0.1, -0.05) is 48.4 Å². The molecule has 8 nitrogen and oxygen atoms in total. The number of carbonyl (C=O) groups excluding carboxylic acids is 2. The molecular formula is C29H31ClF3N3O5S. The molecule has 0 aliphatic carbocycles. The normalized spacial score (nSPS) is 12.4. The van der Waals surface area contributed by atoms with Crippen LogP contribution in [0.1, 0.15) is 30.0 Å². The molecule has 0 saturated carbocycles. The number of hydrogen-bond donors (Lipinski definition) is 1. The number of benzene rings is 3. The number of hydrogen-bond acceptors (Lipinski definition) is 5. The van der Waals surface area contributed by atoms with E-state index in [0.717, 1.165) is 17.7 Å². The van der Waals surface area contributed by atoms with E-state index in [1.54, 1.807) is 38.1 Å². The van der Waals surface area contributed by atoms with Crippen molar-refractivity contribution in [2.24, 2.45) is 0 Å². The molecule has 2 amide bonds. The van der Waals surface area contributed by atoms with Crippen molar-refractivity contribution in [3.05, 3.63) is 88.4 Å². The number of rotatable bonds is 11. The summed E-state index contributed by atoms with van der Waals surface area (Å²) in [5, 5.41) is 1.88. The Balaban J connectivity index is 2.14. The predicted octanol–water partition coefficient (Wildman–Crippen LogP) is 5.42. The summed E-state index contributed by atoms with van der Waals surface area (Å²) >= 11 is 5.80. The molecule has 1 atom stereocenters. The zero-order valence-electron chi connectivity index (χ0n) is 23.4. The second-order valence-corrected chi connectivity index (χ2v) is 11.7. The van der Waals surface area contributed by atoms with Crippen molar-refractivity contribution in [3.63, 3.8) is 0 Å². The van der Waals surface area contributed by atoms with Gasteiger partial charge in [-0.05, 0) is 61.4 Å². The van der Waals surface area contributed by atoms with Crippen LogP contribution in [0.15, 0.2) is 71.6 Å². The van der Waals surface area contributed by atoms with Crippen LogP contribution in [0.3, 0.4) is 0 Å². The molecule has 226 valence electrons. The minimum atomic E-state index is -4.89. The highest BCUT2D eigenvalue weighted by atomic mass is 35.5. The van der Waals surface area contributed by atoms with Gasteiger partial charge in [-0.15, -0.1) is 0 Å². The van der Waals surface area contributed by atoms with Crippen LogP contribution in [0.4, 0.5) is 18.9 Å². The van der Waals surface area contributed by atoms with Crippen LogP contribution in [-0.2, 0) is 32.3 Å². The van der Waals surface area contributed by atoms with E-state index in [4.69, 9.17) is 16.3 Å². The second-order valence-electron chi connectivity index (χ2n) is 9.39. The number of methoxy groups -OCH3 is 1. The van der Waals surface area contributed by atoms with Crippen LogP contribution in [0.2, 0.25) is 5.02 Å². The lowest BCUT2D eigenvalue weighted by Crippen LogP contribution is -2.51. The minimum Gasteiger partial charge on any atom is -0.497 e. The molecule has 0 saturated heterocycles. The molecule has 1 unspecified atom stereocenters. The molecule has 0 aliphatic rings. The van der Waals surface area contributed by atoms with Gasteiger partial charge in [-0.25, -0.2) is 8.42 Å². The number of anilines is 1. The van der Waals surface area contributed by atoms with Crippen molar-refractivity contribution in [2.45, 2.75) is 43.9 Å². The number of likely N-dealkylation sites (N-methyl/N-ethyl adjacent to an activating group) is 1. The van der Waals surface area contributed by atoms with Crippen LogP contribution in [0.25, 0.3) is 0 Å². The third-order valence-electron chi connectivity index (χ3n) is 6.58. The molecule has 13 heteroatoms. The van der Waals surface area contributed by atoms with Gasteiger partial charge in [0.05, 0.1) is 28.3 Å². The summed E-state index contributed by atoms with van der Waals surface area (Å²) in [5.74, 6) is -0.729. The second kappa shape index (κ2) is 13.5. The van der Waals surface area contributed by atoms with Gasteiger partial charge < -0.3 is 15.0 Å². The van der Waals surface area contributed by atoms with Gasteiger partial charge in [0.2, 0.25) is 11.8 Å². The standard InChI is InChI=1S/C29H31ClF3N3O5S/c1-5-26(28(38)34-3)35(17-20-8-11-22(41-4)12-9-20)27(37)18-36(42(39,40)23-13-6-19(2)7-14-23)21-10-15-25(30)24(16-21)29(31,32)33/h6-16,26H,5,17-18H2,1-4H3,(H,34,38). The van der Waals surface area contributed by atoms with Crippen molar-refractivity contribution < 1.29 is 35.9 Å². The fourth-order valence-electron chi connectivity index (χ4n) is 4.27. The molecule has 0 bridgehead atoms. The Kier molecular flexibility index (Phi) is 10.5. The Labute approximate surface area is 248 Å². The van der Waals surface area contributed by atoms with E-state index in [9.17, 15) is 31.2 Å². The molecule has 0 spiro atoms. The zero-order chi connectivity index (χ0) is 31.2. The maximum absolute atomic E-state index is 13.9. The van der Waals surface area contributed by atoms with Crippen molar-refractivity contribution in [3.8, 4) is 5.75 Å². The Morgan fingerprint density at radius 2 is 1.64 bits per heavy atom. The summed E-state index contributed by atoms with van der Waals surface area (Å²) in [6, 6.07) is 14.0. The number of alkyl halides is 3. The first-order chi connectivity index (χ1) is 19.7. The Hall–Kier alpha value is -3.77. The first kappa shape index (κ1) is 32.7. The lowest BCUT2D eigenvalue weighted by molar-refractivity contribution is -0.140. The molecule has 3 aromatic rings. The Morgan fingerprint density at radius 1 is 1.02 bits per heavy atom. The van der Waals surface area contributed by atoms with E-state index in [2.05, 4.69) is 5.32 Å². The summed E-state index contributed by atoms with van der Waals surface area (Å²) in [6.07, 6.45) is -4.70. The van der Waals surface area contributed by atoms with Crippen molar-refractivity contribution in [1.29, 1.82) is 0 Å². The summed E-state index contributed by atoms with van der Waals surface area (Å²) < 4.78 is 74.7. The summed E-state index contributed by atoms with van der Waals surface area (Å²) in [4.78, 5) is 27.7. The highest BCUT2D eigenvalue weighted by Gasteiger charge is 2.37. The number of ether oxygens (including phenoxy) is 1. The number of nitrogens with zero attached hydrogens (tertiary/aromatic N) is 2. The average Bonchev–Trinajstić information content (AvgIpc) is 2.95. The number of carbonyl (C=O) groups is 2. The maximum atomic E-state index is 13.9. The quantitative estimate of drug-likeness (QED) is 0.307. The molecule has 0 aromatic heterocycles. The SMILES string of the molecule is CCC(C(=O)NC)N(Cc1ccc(OC)cc1)C(=O)CN(c1ccc(Cl)c(C(F)(F)F)c1)S(=O)(=O)c1ccc(C)cc1. The van der Waals surface area contributed by atoms with Gasteiger partial charge in [0.25, 0.3) is 10.0 Å². The fourth-order valence-corrected chi connectivity index (χ4v) is 5.90. The number of nitrogens with one attached hydrogen (secondary N) is 1. The number of aryl methyl sites for hydroxylation is 1. The summed E-state index contributed by atoms with van der Waals surface area (Å²) in [5.41, 5.74) is -0.308. The Morgan fingerprint density at radius 3 is 2.17 bits per heavy atom. The monoisotopic (exact) mass is 625 g/mol. The first-order valence-corrected chi connectivity index (χ1v) is 14.6. The number of halogens is 4. The van der Waals surface area contributed by atoms with Crippen LogP contribution in [-0.4, -0.2) is 51.9 Å². The fraction of sp³-hybridized carbons (Fsp3) is 0.310. The minimum absolute atomic E-state index is 0.0818. The molecule has 0 aliphatic heterocycles. The highest BCUT2D eigenvalue weighted by Crippen LogP contribution is 2.38. The topological polar surface area (TPSA) is 96.0 Å². The van der Waals surface area contributed by atoms with Gasteiger partial charge >= 0.3 is 6.18 Å². The predicted molar refractivity (Wildman–Crippen MR) is 154 cm³/mol. The van der Waals surface area contributed by atoms with Gasteiger partial charge in [-0.3, -0.25) is 13.9 Å². The number of amides is 2. The molecule has 0 radical (unpaired) electrons. The van der Waals surface area contributed by atoms with Gasteiger partial charge in [0, 0.05) is 13.6 Å². The average molecular weight is 626 g/mol.